The lowest BCUT2D eigenvalue weighted by Gasteiger charge is -2.26. The van der Waals surface area contributed by atoms with E-state index in [-0.39, 0.29) is 18.2 Å². The van der Waals surface area contributed by atoms with Crippen LogP contribution in [0.2, 0.25) is 0 Å². The van der Waals surface area contributed by atoms with Crippen LogP contribution in [-0.2, 0) is 9.47 Å². The van der Waals surface area contributed by atoms with E-state index in [1.165, 1.54) is 18.3 Å². The van der Waals surface area contributed by atoms with Gasteiger partial charge in [0.25, 0.3) is 0 Å². The molecule has 0 spiro atoms. The van der Waals surface area contributed by atoms with Gasteiger partial charge < -0.3 is 19.8 Å². The van der Waals surface area contributed by atoms with Gasteiger partial charge in [0, 0.05) is 55.9 Å². The zero-order chi connectivity index (χ0) is 25.6. The third-order valence-corrected chi connectivity index (χ3v) is 5.90. The summed E-state index contributed by atoms with van der Waals surface area (Å²) in [5.41, 5.74) is 3.13. The molecule has 0 aliphatic carbocycles. The summed E-state index contributed by atoms with van der Waals surface area (Å²) in [6.45, 7) is 6.90. The highest BCUT2D eigenvalue weighted by Gasteiger charge is 2.17. The molecule has 0 atom stereocenters. The van der Waals surface area contributed by atoms with Crippen molar-refractivity contribution in [1.29, 1.82) is 0 Å². The molecule has 192 valence electrons. The highest BCUT2D eigenvalue weighted by Crippen LogP contribution is 2.34. The number of nitrogens with zero attached hydrogens (tertiary/aromatic N) is 5. The highest BCUT2D eigenvalue weighted by molar-refractivity contribution is 5.97. The fourth-order valence-electron chi connectivity index (χ4n) is 4.09. The van der Waals surface area contributed by atoms with Crippen LogP contribution in [0.3, 0.4) is 0 Å². The SMILES string of the molecule is CCOC(=O)Nc1nc2cc(-c3cnc(NCCN4CCOCC4)nc3)cc(-c3ncccc3F)c2[nH]1. The van der Waals surface area contributed by atoms with Crippen LogP contribution >= 0.6 is 0 Å². The van der Waals surface area contributed by atoms with Crippen molar-refractivity contribution in [3.8, 4) is 22.4 Å². The van der Waals surface area contributed by atoms with Gasteiger partial charge in [-0.1, -0.05) is 0 Å². The van der Waals surface area contributed by atoms with Crippen molar-refractivity contribution in [2.45, 2.75) is 6.92 Å². The maximum absolute atomic E-state index is 14.7. The molecule has 1 aromatic carbocycles. The number of nitrogens with one attached hydrogen (secondary N) is 3. The van der Waals surface area contributed by atoms with Crippen molar-refractivity contribution < 1.29 is 18.7 Å². The Kier molecular flexibility index (Phi) is 7.47. The third-order valence-electron chi connectivity index (χ3n) is 5.90. The lowest BCUT2D eigenvalue weighted by molar-refractivity contribution is 0.0398. The van der Waals surface area contributed by atoms with Gasteiger partial charge in [0.2, 0.25) is 11.9 Å². The van der Waals surface area contributed by atoms with E-state index in [9.17, 15) is 9.18 Å². The number of hydrogen-bond donors (Lipinski definition) is 3. The molecule has 3 aromatic heterocycles. The van der Waals surface area contributed by atoms with Gasteiger partial charge in [-0.25, -0.2) is 24.1 Å². The lowest BCUT2D eigenvalue weighted by Crippen LogP contribution is -2.39. The van der Waals surface area contributed by atoms with Crippen molar-refractivity contribution in [1.82, 2.24) is 29.8 Å². The number of carbonyl (C=O) groups is 1. The number of rotatable bonds is 8. The summed E-state index contributed by atoms with van der Waals surface area (Å²) >= 11 is 0. The number of pyridine rings is 1. The standard InChI is InChI=1S/C25H27FN8O3/c1-2-37-25(35)33-24-31-20-13-16(12-18(22(20)32-24)21-19(26)4-3-5-27-21)17-14-29-23(30-15-17)28-6-7-34-8-10-36-11-9-34/h3-5,12-15H,2,6-11H2,1H3,(H,28,29,30)(H2,31,32,33,35). The minimum atomic E-state index is -0.641. The Labute approximate surface area is 212 Å². The largest absolute Gasteiger partial charge is 0.450 e. The quantitative estimate of drug-likeness (QED) is 0.328. The molecule has 1 amide bonds. The summed E-state index contributed by atoms with van der Waals surface area (Å²) in [6.07, 6.45) is 4.28. The number of aromatic nitrogens is 5. The number of benzene rings is 1. The van der Waals surface area contributed by atoms with Gasteiger partial charge in [-0.3, -0.25) is 15.2 Å². The number of ether oxygens (including phenoxy) is 2. The maximum Gasteiger partial charge on any atom is 0.413 e. The highest BCUT2D eigenvalue weighted by atomic mass is 19.1. The number of halogens is 1. The Hall–Kier alpha value is -4.16. The van der Waals surface area contributed by atoms with Gasteiger partial charge in [-0.05, 0) is 36.8 Å². The molecule has 11 nitrogen and oxygen atoms in total. The first-order chi connectivity index (χ1) is 18.1. The number of H-pyrrole nitrogens is 1. The molecule has 0 unspecified atom stereocenters. The Balaban J connectivity index is 1.41. The molecule has 0 saturated carbocycles. The van der Waals surface area contributed by atoms with Gasteiger partial charge in [0.05, 0.1) is 30.9 Å². The van der Waals surface area contributed by atoms with Crippen molar-refractivity contribution in [3.63, 3.8) is 0 Å². The number of anilines is 2. The zero-order valence-electron chi connectivity index (χ0n) is 20.3. The average molecular weight is 507 g/mol. The fourth-order valence-corrected chi connectivity index (χ4v) is 4.09. The van der Waals surface area contributed by atoms with Crippen LogP contribution in [0.1, 0.15) is 6.92 Å². The average Bonchev–Trinajstić information content (AvgIpc) is 3.32. The first kappa shape index (κ1) is 24.5. The van der Waals surface area contributed by atoms with Gasteiger partial charge in [0.15, 0.2) is 0 Å². The Morgan fingerprint density at radius 2 is 2.00 bits per heavy atom. The van der Waals surface area contributed by atoms with E-state index in [0.29, 0.717) is 22.5 Å². The third kappa shape index (κ3) is 5.81. The van der Waals surface area contributed by atoms with Crippen LogP contribution in [0.5, 0.6) is 0 Å². The Morgan fingerprint density at radius 1 is 1.19 bits per heavy atom. The number of fused-ring (bicyclic) bond motifs is 1. The molecule has 0 radical (unpaired) electrons. The van der Waals surface area contributed by atoms with E-state index >= 15 is 0 Å². The van der Waals surface area contributed by atoms with E-state index in [2.05, 4.69) is 40.5 Å². The summed E-state index contributed by atoms with van der Waals surface area (Å²) in [5.74, 6) is 0.223. The minimum Gasteiger partial charge on any atom is -0.450 e. The number of morpholine rings is 1. The monoisotopic (exact) mass is 506 g/mol. The second kappa shape index (κ2) is 11.3. The van der Waals surface area contributed by atoms with Crippen LogP contribution in [0.25, 0.3) is 33.4 Å². The van der Waals surface area contributed by atoms with Crippen LogP contribution in [0.15, 0.2) is 42.9 Å². The topological polar surface area (TPSA) is 130 Å². The van der Waals surface area contributed by atoms with Crippen LogP contribution in [-0.4, -0.2) is 81.9 Å². The predicted octanol–water partition coefficient (Wildman–Crippen LogP) is 3.53. The molecule has 5 rings (SSSR count). The number of hydrogen-bond acceptors (Lipinski definition) is 9. The number of amides is 1. The summed E-state index contributed by atoms with van der Waals surface area (Å²) in [6, 6.07) is 6.48. The van der Waals surface area contributed by atoms with Crippen molar-refractivity contribution >= 4 is 29.0 Å². The second-order valence-corrected chi connectivity index (χ2v) is 8.36. The molecule has 1 aliphatic heterocycles. The molecular weight excluding hydrogens is 479 g/mol. The zero-order valence-corrected chi connectivity index (χ0v) is 20.3. The summed E-state index contributed by atoms with van der Waals surface area (Å²) in [5, 5.41) is 5.79. The summed E-state index contributed by atoms with van der Waals surface area (Å²) < 4.78 is 25.0. The van der Waals surface area contributed by atoms with Gasteiger partial charge in [-0.2, -0.15) is 0 Å². The van der Waals surface area contributed by atoms with E-state index in [1.807, 2.05) is 6.07 Å². The van der Waals surface area contributed by atoms with Crippen LogP contribution in [0.4, 0.5) is 21.1 Å². The number of aromatic amines is 1. The summed E-state index contributed by atoms with van der Waals surface area (Å²) in [4.78, 5) is 34.8. The van der Waals surface area contributed by atoms with Gasteiger partial charge in [0.1, 0.15) is 11.5 Å². The molecule has 4 aromatic rings. The molecule has 1 aliphatic rings. The van der Waals surface area contributed by atoms with E-state index in [4.69, 9.17) is 9.47 Å². The van der Waals surface area contributed by atoms with Crippen molar-refractivity contribution in [2.24, 2.45) is 0 Å². The van der Waals surface area contributed by atoms with Gasteiger partial charge >= 0.3 is 6.09 Å². The second-order valence-electron chi connectivity index (χ2n) is 8.36. The first-order valence-electron chi connectivity index (χ1n) is 12.1. The van der Waals surface area contributed by atoms with Gasteiger partial charge in [-0.15, -0.1) is 0 Å². The normalized spacial score (nSPS) is 14.0. The fraction of sp³-hybridized carbons (Fsp3) is 0.320. The molecule has 12 heteroatoms. The molecule has 0 bridgehead atoms. The van der Waals surface area contributed by atoms with E-state index in [0.717, 1.165) is 50.5 Å². The molecule has 1 saturated heterocycles. The smallest absolute Gasteiger partial charge is 0.413 e. The lowest BCUT2D eigenvalue weighted by atomic mass is 10.0. The van der Waals surface area contributed by atoms with E-state index in [1.54, 1.807) is 25.4 Å². The molecule has 3 N–H and O–H groups in total. The van der Waals surface area contributed by atoms with Crippen molar-refractivity contribution in [3.05, 3.63) is 48.7 Å². The number of imidazole rings is 1. The predicted molar refractivity (Wildman–Crippen MR) is 137 cm³/mol. The first-order valence-corrected chi connectivity index (χ1v) is 12.1. The van der Waals surface area contributed by atoms with Crippen LogP contribution < -0.4 is 10.6 Å². The minimum absolute atomic E-state index is 0.156. The molecule has 4 heterocycles. The van der Waals surface area contributed by atoms with Crippen LogP contribution in [0, 0.1) is 5.82 Å². The maximum atomic E-state index is 14.7. The Morgan fingerprint density at radius 3 is 2.76 bits per heavy atom. The molecule has 1 fully saturated rings. The number of carbonyl (C=O) groups excluding carboxylic acids is 1. The van der Waals surface area contributed by atoms with E-state index < -0.39 is 11.9 Å². The van der Waals surface area contributed by atoms with Crippen molar-refractivity contribution in [2.75, 3.05) is 56.6 Å². The Bertz CT molecular complexity index is 1370. The molecular formula is C25H27FN8O3. The molecule has 37 heavy (non-hydrogen) atoms. The summed E-state index contributed by atoms with van der Waals surface area (Å²) in [7, 11) is 0.